The molecule has 0 N–H and O–H groups in total. The zero-order valence-corrected chi connectivity index (χ0v) is 12.0. The first-order valence-corrected chi connectivity index (χ1v) is 6.67. The van der Waals surface area contributed by atoms with Crippen LogP contribution in [0.4, 0.5) is 0 Å². The number of halogens is 2. The first kappa shape index (κ1) is 18.0. The van der Waals surface area contributed by atoms with Crippen molar-refractivity contribution in [2.45, 2.75) is 6.42 Å². The van der Waals surface area contributed by atoms with Crippen LogP contribution >= 0.6 is 11.6 Å². The summed E-state index contributed by atoms with van der Waals surface area (Å²) < 4.78 is 35.8. The average Bonchev–Trinajstić information content (AvgIpc) is 2.25. The van der Waals surface area contributed by atoms with Crippen molar-refractivity contribution in [1.29, 1.82) is 0 Å². The number of aliphatic imine (C=N–C) groups is 1. The molecule has 19 heavy (non-hydrogen) atoms. The molecule has 0 saturated carbocycles. The minimum Gasteiger partial charge on any atom is -0.270 e. The molecule has 0 saturated heterocycles. The van der Waals surface area contributed by atoms with E-state index in [1.807, 2.05) is 49.0 Å². The predicted molar refractivity (Wildman–Crippen MR) is 61.6 cm³/mol. The van der Waals surface area contributed by atoms with Crippen LogP contribution in [0, 0.1) is 10.2 Å². The van der Waals surface area contributed by atoms with Crippen LogP contribution in [0.3, 0.4) is 0 Å². The smallest absolute Gasteiger partial charge is 0.270 e. The minimum absolute atomic E-state index is 0.602. The average molecular weight is 309 g/mol. The van der Waals surface area contributed by atoms with E-state index in [0.29, 0.717) is 11.6 Å². The maximum absolute atomic E-state index is 8.49. The number of nitrogens with zero attached hydrogens (tertiary/aromatic N) is 2. The van der Waals surface area contributed by atoms with Gasteiger partial charge in [0.25, 0.3) is 6.34 Å². The van der Waals surface area contributed by atoms with Crippen LogP contribution in [-0.4, -0.2) is 30.2 Å². The second kappa shape index (κ2) is 8.98. The molecular formula is C11H14Cl2N2O4. The molecule has 0 heterocycles. The molecule has 6 nitrogen and oxygen atoms in total. The molecule has 0 aliphatic heterocycles. The van der Waals surface area contributed by atoms with Crippen molar-refractivity contribution in [2.24, 2.45) is 4.99 Å². The Labute approximate surface area is 118 Å². The second-order valence-electron chi connectivity index (χ2n) is 3.62. The number of rotatable bonds is 3. The molecule has 8 heteroatoms. The van der Waals surface area contributed by atoms with E-state index < -0.39 is 10.2 Å². The molecule has 0 unspecified atom stereocenters. The van der Waals surface area contributed by atoms with E-state index >= 15 is 0 Å². The van der Waals surface area contributed by atoms with E-state index in [1.165, 1.54) is 5.56 Å². The van der Waals surface area contributed by atoms with Gasteiger partial charge in [0.15, 0.2) is 0 Å². The molecular weight excluding hydrogens is 295 g/mol. The Bertz CT molecular complexity index is 420. The van der Waals surface area contributed by atoms with E-state index in [2.05, 4.69) is 4.99 Å². The van der Waals surface area contributed by atoms with E-state index in [1.54, 1.807) is 6.34 Å². The molecule has 1 aromatic rings. The Morgan fingerprint density at radius 2 is 1.68 bits per heavy atom. The van der Waals surface area contributed by atoms with Crippen LogP contribution in [0.1, 0.15) is 5.56 Å². The normalized spacial score (nSPS) is 11.4. The fourth-order valence-electron chi connectivity index (χ4n) is 0.988. The van der Waals surface area contributed by atoms with Gasteiger partial charge in [-0.15, -0.1) is 10.2 Å². The molecule has 0 amide bonds. The van der Waals surface area contributed by atoms with Crippen molar-refractivity contribution in [1.82, 2.24) is 0 Å². The van der Waals surface area contributed by atoms with Gasteiger partial charge in [-0.1, -0.05) is 30.3 Å². The maximum Gasteiger partial charge on any atom is 0.282 e. The van der Waals surface area contributed by atoms with Crippen LogP contribution in [0.25, 0.3) is 0 Å². The standard InChI is InChI=1S/C11H14ClN2.ClHO4/c1-14(2)9-13-11(12)8-10-6-4-3-5-7-10;2-1(3,4)5/h3-7,9H,8H2,1-2H3;(H,2,3,4,5)/q+1;/p-1. The summed E-state index contributed by atoms with van der Waals surface area (Å²) in [6.45, 7) is 0. The lowest BCUT2D eigenvalue weighted by atomic mass is 10.2. The highest BCUT2D eigenvalue weighted by molar-refractivity contribution is 6.66. The van der Waals surface area contributed by atoms with Gasteiger partial charge in [-0.2, -0.15) is 0 Å². The SMILES string of the molecule is C[N+](C)=CN=C(Cl)Cc1ccccc1.[O-][Cl+3]([O-])([O-])[O-]. The van der Waals surface area contributed by atoms with Crippen LogP contribution in [0.5, 0.6) is 0 Å². The molecule has 0 aliphatic rings. The highest BCUT2D eigenvalue weighted by atomic mass is 35.7. The largest absolute Gasteiger partial charge is 0.282 e. The lowest BCUT2D eigenvalue weighted by Crippen LogP contribution is -2.68. The van der Waals surface area contributed by atoms with Gasteiger partial charge in [-0.05, 0) is 22.2 Å². The maximum atomic E-state index is 8.49. The van der Waals surface area contributed by atoms with Crippen molar-refractivity contribution in [2.75, 3.05) is 14.1 Å². The molecule has 1 aromatic carbocycles. The van der Waals surface area contributed by atoms with Crippen molar-refractivity contribution in [3.05, 3.63) is 35.9 Å². The lowest BCUT2D eigenvalue weighted by Gasteiger charge is -2.17. The third-order valence-corrected chi connectivity index (χ3v) is 1.85. The first-order valence-electron chi connectivity index (χ1n) is 5.06. The van der Waals surface area contributed by atoms with E-state index in [4.69, 9.17) is 30.2 Å². The van der Waals surface area contributed by atoms with E-state index in [-0.39, 0.29) is 0 Å². The summed E-state index contributed by atoms with van der Waals surface area (Å²) in [6, 6.07) is 10.0. The molecule has 0 bridgehead atoms. The van der Waals surface area contributed by atoms with E-state index in [9.17, 15) is 0 Å². The lowest BCUT2D eigenvalue weighted by molar-refractivity contribution is -2.00. The molecule has 0 aromatic heterocycles. The van der Waals surface area contributed by atoms with Gasteiger partial charge in [0.05, 0.1) is 20.5 Å². The first-order chi connectivity index (χ1) is 8.68. The molecule has 0 fully saturated rings. The molecule has 106 valence electrons. The Morgan fingerprint density at radius 3 is 2.11 bits per heavy atom. The van der Waals surface area contributed by atoms with Crippen molar-refractivity contribution in [3.8, 4) is 0 Å². The molecule has 0 atom stereocenters. The van der Waals surface area contributed by atoms with Gasteiger partial charge in [-0.25, -0.2) is 18.6 Å². The van der Waals surface area contributed by atoms with Crippen LogP contribution < -0.4 is 18.6 Å². The summed E-state index contributed by atoms with van der Waals surface area (Å²) >= 11 is 5.95. The summed E-state index contributed by atoms with van der Waals surface area (Å²) in [4.78, 5) is 4.10. The quantitative estimate of drug-likeness (QED) is 0.347. The van der Waals surface area contributed by atoms with Crippen LogP contribution in [0.2, 0.25) is 0 Å². The summed E-state index contributed by atoms with van der Waals surface area (Å²) in [5.41, 5.74) is 1.17. The summed E-state index contributed by atoms with van der Waals surface area (Å²) in [5, 5.41) is 0.602. The topological polar surface area (TPSA) is 108 Å². The minimum atomic E-state index is -4.94. The number of hydrogen-bond acceptors (Lipinski definition) is 4. The highest BCUT2D eigenvalue weighted by Gasteiger charge is 2.01. The fourth-order valence-corrected chi connectivity index (χ4v) is 1.19. The van der Waals surface area contributed by atoms with Gasteiger partial charge in [0.2, 0.25) is 5.17 Å². The predicted octanol–water partition coefficient (Wildman–Crippen LogP) is -2.59. The Hall–Kier alpha value is -1.02. The number of hydrogen-bond donors (Lipinski definition) is 0. The fraction of sp³-hybridized carbons (Fsp3) is 0.273. The Balaban J connectivity index is 0.000000555. The molecule has 0 radical (unpaired) electrons. The van der Waals surface area contributed by atoms with E-state index in [0.717, 1.165) is 0 Å². The highest BCUT2D eigenvalue weighted by Crippen LogP contribution is 2.02. The Kier molecular flexibility index (Phi) is 8.49. The zero-order valence-electron chi connectivity index (χ0n) is 10.5. The van der Waals surface area contributed by atoms with Crippen molar-refractivity contribution >= 4 is 23.1 Å². The monoisotopic (exact) mass is 308 g/mol. The summed E-state index contributed by atoms with van der Waals surface area (Å²) in [6.07, 6.45) is 2.39. The Morgan fingerprint density at radius 1 is 1.21 bits per heavy atom. The van der Waals surface area contributed by atoms with Crippen molar-refractivity contribution < 1.29 is 33.5 Å². The third-order valence-electron chi connectivity index (χ3n) is 1.62. The van der Waals surface area contributed by atoms with Gasteiger partial charge in [0, 0.05) is 0 Å². The van der Waals surface area contributed by atoms with Crippen LogP contribution in [-0.2, 0) is 6.42 Å². The van der Waals surface area contributed by atoms with Gasteiger partial charge >= 0.3 is 0 Å². The summed E-state index contributed by atoms with van der Waals surface area (Å²) in [7, 11) is -1.12. The zero-order chi connectivity index (χ0) is 14.9. The second-order valence-corrected chi connectivity index (χ2v) is 4.82. The van der Waals surface area contributed by atoms with Crippen molar-refractivity contribution in [3.63, 3.8) is 0 Å². The number of benzene rings is 1. The molecule has 0 aliphatic carbocycles. The van der Waals surface area contributed by atoms with Gasteiger partial charge < -0.3 is 0 Å². The molecule has 0 spiro atoms. The molecule has 1 rings (SSSR count). The van der Waals surface area contributed by atoms with Gasteiger partial charge in [0.1, 0.15) is 0 Å². The van der Waals surface area contributed by atoms with Crippen LogP contribution in [0.15, 0.2) is 35.3 Å². The summed E-state index contributed by atoms with van der Waals surface area (Å²) in [5.74, 6) is 0. The third kappa shape index (κ3) is 14.9. The van der Waals surface area contributed by atoms with Gasteiger partial charge in [-0.3, -0.25) is 4.58 Å².